The van der Waals surface area contributed by atoms with Crippen LogP contribution in [0.25, 0.3) is 17.2 Å². The number of carbonyl (C=O) groups excluding carboxylic acids is 1. The lowest BCUT2D eigenvalue weighted by Crippen LogP contribution is -2.28. The Hall–Kier alpha value is -2.59. The van der Waals surface area contributed by atoms with Gasteiger partial charge < -0.3 is 9.32 Å². The number of nitrogens with zero attached hydrogens (tertiary/aromatic N) is 2. The molecule has 0 radical (unpaired) electrons. The molecule has 3 aromatic rings. The summed E-state index contributed by atoms with van der Waals surface area (Å²) in [7, 11) is 0. The number of likely N-dealkylation sites (N-methyl/N-ethyl adjacent to an activating group) is 1. The Labute approximate surface area is 145 Å². The first kappa shape index (κ1) is 16.3. The van der Waals surface area contributed by atoms with Gasteiger partial charge in [-0.05, 0) is 30.7 Å². The molecule has 1 aromatic heterocycles. The van der Waals surface area contributed by atoms with Crippen LogP contribution >= 0.6 is 11.6 Å². The highest BCUT2D eigenvalue weighted by atomic mass is 35.5. The molecule has 1 amide bonds. The molecule has 0 aliphatic heterocycles. The molecule has 0 aliphatic rings. The molecule has 0 aliphatic carbocycles. The van der Waals surface area contributed by atoms with Gasteiger partial charge >= 0.3 is 0 Å². The zero-order valence-electron chi connectivity index (χ0n) is 13.3. The van der Waals surface area contributed by atoms with Crippen molar-refractivity contribution in [2.75, 3.05) is 6.54 Å². The van der Waals surface area contributed by atoms with E-state index in [0.717, 1.165) is 11.1 Å². The first-order valence-corrected chi connectivity index (χ1v) is 8.11. The van der Waals surface area contributed by atoms with Crippen LogP contribution in [0.15, 0.2) is 59.0 Å². The van der Waals surface area contributed by atoms with Crippen molar-refractivity contribution in [3.8, 4) is 0 Å². The van der Waals surface area contributed by atoms with Gasteiger partial charge in [-0.3, -0.25) is 4.79 Å². The highest BCUT2D eigenvalue weighted by molar-refractivity contribution is 6.31. The fourth-order valence-corrected chi connectivity index (χ4v) is 2.58. The summed E-state index contributed by atoms with van der Waals surface area (Å²) in [5, 5.41) is 0.659. The molecule has 5 heteroatoms. The molecule has 0 bridgehead atoms. The van der Waals surface area contributed by atoms with Crippen LogP contribution in [0.4, 0.5) is 0 Å². The van der Waals surface area contributed by atoms with E-state index in [1.54, 1.807) is 11.0 Å². The summed E-state index contributed by atoms with van der Waals surface area (Å²) in [4.78, 5) is 18.4. The Morgan fingerprint density at radius 2 is 1.96 bits per heavy atom. The van der Waals surface area contributed by atoms with Crippen LogP contribution in [0.1, 0.15) is 18.4 Å². The second-order valence-corrected chi connectivity index (χ2v) is 5.70. The predicted octanol–water partition coefficient (Wildman–Crippen LogP) is 4.54. The maximum absolute atomic E-state index is 12.4. The van der Waals surface area contributed by atoms with E-state index in [1.807, 2.05) is 55.5 Å². The molecule has 2 aromatic carbocycles. The van der Waals surface area contributed by atoms with Crippen molar-refractivity contribution < 1.29 is 9.21 Å². The van der Waals surface area contributed by atoms with Crippen LogP contribution in [0.3, 0.4) is 0 Å². The van der Waals surface area contributed by atoms with Crippen LogP contribution < -0.4 is 0 Å². The van der Waals surface area contributed by atoms with E-state index in [9.17, 15) is 4.79 Å². The summed E-state index contributed by atoms with van der Waals surface area (Å²) in [6.07, 6.45) is 3.07. The number of benzene rings is 2. The van der Waals surface area contributed by atoms with Crippen molar-refractivity contribution in [1.29, 1.82) is 0 Å². The molecular weight excluding hydrogens is 324 g/mol. The molecular formula is C19H17ClN2O2. The quantitative estimate of drug-likeness (QED) is 0.640. The third-order valence-electron chi connectivity index (χ3n) is 3.69. The minimum absolute atomic E-state index is 0.111. The molecule has 0 saturated heterocycles. The van der Waals surface area contributed by atoms with E-state index in [-0.39, 0.29) is 5.91 Å². The Balaban J connectivity index is 1.73. The van der Waals surface area contributed by atoms with E-state index in [1.165, 1.54) is 6.08 Å². The van der Waals surface area contributed by atoms with E-state index in [0.29, 0.717) is 29.6 Å². The number of hydrogen-bond acceptors (Lipinski definition) is 3. The number of carbonyl (C=O) groups is 1. The van der Waals surface area contributed by atoms with Gasteiger partial charge in [0.2, 0.25) is 11.8 Å². The second-order valence-electron chi connectivity index (χ2n) is 5.30. The zero-order chi connectivity index (χ0) is 16.9. The summed E-state index contributed by atoms with van der Waals surface area (Å²) in [5.41, 5.74) is 2.39. The van der Waals surface area contributed by atoms with E-state index < -0.39 is 0 Å². The molecule has 3 rings (SSSR count). The number of fused-ring (bicyclic) bond motifs is 1. The fraction of sp³-hybridized carbons (Fsp3) is 0.158. The van der Waals surface area contributed by atoms with Crippen LogP contribution in [-0.4, -0.2) is 22.3 Å². The molecule has 1 heterocycles. The van der Waals surface area contributed by atoms with Gasteiger partial charge in [0.1, 0.15) is 5.52 Å². The lowest BCUT2D eigenvalue weighted by atomic mass is 10.2. The van der Waals surface area contributed by atoms with Gasteiger partial charge in [-0.15, -0.1) is 0 Å². The van der Waals surface area contributed by atoms with Crippen LogP contribution in [0.2, 0.25) is 5.02 Å². The lowest BCUT2D eigenvalue weighted by molar-refractivity contribution is -0.126. The Bertz CT molecular complexity index is 853. The fourth-order valence-electron chi connectivity index (χ4n) is 2.39. The largest absolute Gasteiger partial charge is 0.437 e. The third-order valence-corrected chi connectivity index (χ3v) is 4.06. The monoisotopic (exact) mass is 340 g/mol. The number of halogens is 1. The average molecular weight is 341 g/mol. The standard InChI is InChI=1S/C19H17ClN2O2/c1-2-22(13-14-7-3-4-8-15(14)20)19(23)12-11-18-21-16-9-5-6-10-17(16)24-18/h3-12H,2,13H2,1H3/b12-11+. The highest BCUT2D eigenvalue weighted by Crippen LogP contribution is 2.18. The summed E-state index contributed by atoms with van der Waals surface area (Å²) in [6.45, 7) is 2.98. The summed E-state index contributed by atoms with van der Waals surface area (Å²) >= 11 is 6.17. The number of aromatic nitrogens is 1. The molecule has 24 heavy (non-hydrogen) atoms. The van der Waals surface area contributed by atoms with Crippen molar-refractivity contribution in [2.45, 2.75) is 13.5 Å². The molecule has 122 valence electrons. The average Bonchev–Trinajstić information content (AvgIpc) is 3.02. The van der Waals surface area contributed by atoms with Gasteiger partial charge in [0.05, 0.1) is 0 Å². The topological polar surface area (TPSA) is 46.3 Å². The second kappa shape index (κ2) is 7.32. The normalized spacial score (nSPS) is 11.2. The molecule has 0 saturated carbocycles. The SMILES string of the molecule is CCN(Cc1ccccc1Cl)C(=O)/C=C/c1nc2ccccc2o1. The minimum atomic E-state index is -0.111. The molecule has 0 unspecified atom stereocenters. The van der Waals surface area contributed by atoms with Crippen molar-refractivity contribution >= 4 is 34.7 Å². The van der Waals surface area contributed by atoms with Gasteiger partial charge in [0.15, 0.2) is 5.58 Å². The Kier molecular flexibility index (Phi) is 4.96. The lowest BCUT2D eigenvalue weighted by Gasteiger charge is -2.19. The Morgan fingerprint density at radius 1 is 1.21 bits per heavy atom. The van der Waals surface area contributed by atoms with Crippen molar-refractivity contribution in [1.82, 2.24) is 9.88 Å². The van der Waals surface area contributed by atoms with Gasteiger partial charge in [-0.25, -0.2) is 4.98 Å². The molecule has 0 atom stereocenters. The van der Waals surface area contributed by atoms with E-state index >= 15 is 0 Å². The van der Waals surface area contributed by atoms with Crippen molar-refractivity contribution in [3.63, 3.8) is 0 Å². The van der Waals surface area contributed by atoms with Gasteiger partial charge in [0, 0.05) is 30.3 Å². The number of oxazole rings is 1. The predicted molar refractivity (Wildman–Crippen MR) is 95.6 cm³/mol. The highest BCUT2D eigenvalue weighted by Gasteiger charge is 2.11. The maximum Gasteiger partial charge on any atom is 0.247 e. The maximum atomic E-state index is 12.4. The van der Waals surface area contributed by atoms with E-state index in [2.05, 4.69) is 4.98 Å². The smallest absolute Gasteiger partial charge is 0.247 e. The number of amides is 1. The van der Waals surface area contributed by atoms with Crippen LogP contribution in [-0.2, 0) is 11.3 Å². The zero-order valence-corrected chi connectivity index (χ0v) is 14.0. The first-order chi connectivity index (χ1) is 11.7. The first-order valence-electron chi connectivity index (χ1n) is 7.73. The van der Waals surface area contributed by atoms with Gasteiger partial charge in [-0.1, -0.05) is 41.9 Å². The van der Waals surface area contributed by atoms with Gasteiger partial charge in [-0.2, -0.15) is 0 Å². The number of rotatable bonds is 5. The summed E-state index contributed by atoms with van der Waals surface area (Å²) in [5.74, 6) is 0.304. The van der Waals surface area contributed by atoms with Crippen LogP contribution in [0.5, 0.6) is 0 Å². The van der Waals surface area contributed by atoms with Crippen molar-refractivity contribution in [2.24, 2.45) is 0 Å². The van der Waals surface area contributed by atoms with Crippen LogP contribution in [0, 0.1) is 0 Å². The number of para-hydroxylation sites is 2. The minimum Gasteiger partial charge on any atom is -0.437 e. The summed E-state index contributed by atoms with van der Waals surface area (Å²) in [6, 6.07) is 15.0. The number of hydrogen-bond donors (Lipinski definition) is 0. The third kappa shape index (κ3) is 3.66. The molecule has 0 N–H and O–H groups in total. The summed E-state index contributed by atoms with van der Waals surface area (Å²) < 4.78 is 5.58. The van der Waals surface area contributed by atoms with Gasteiger partial charge in [0.25, 0.3) is 0 Å². The molecule has 4 nitrogen and oxygen atoms in total. The molecule has 0 spiro atoms. The molecule has 0 fully saturated rings. The Morgan fingerprint density at radius 3 is 2.71 bits per heavy atom. The van der Waals surface area contributed by atoms with E-state index in [4.69, 9.17) is 16.0 Å². The van der Waals surface area contributed by atoms with Crippen molar-refractivity contribution in [3.05, 3.63) is 71.1 Å².